The average Bonchev–Trinajstić information content (AvgIpc) is 2.91. The van der Waals surface area contributed by atoms with Gasteiger partial charge in [-0.05, 0) is 64.6 Å². The van der Waals surface area contributed by atoms with E-state index in [2.05, 4.69) is 10.2 Å². The molecule has 1 unspecified atom stereocenters. The van der Waals surface area contributed by atoms with Crippen molar-refractivity contribution in [2.75, 3.05) is 32.8 Å². The van der Waals surface area contributed by atoms with Crippen LogP contribution in [0.25, 0.3) is 0 Å². The van der Waals surface area contributed by atoms with Crippen molar-refractivity contribution in [3.63, 3.8) is 0 Å². The van der Waals surface area contributed by atoms with Crippen LogP contribution in [0.5, 0.6) is 0 Å². The zero-order valence-electron chi connectivity index (χ0n) is 14.0. The number of rotatable bonds is 6. The zero-order chi connectivity index (χ0) is 15.3. The number of carbonyl (C=O) groups excluding carboxylic acids is 1. The van der Waals surface area contributed by atoms with Crippen LogP contribution in [0.1, 0.15) is 59.3 Å². The summed E-state index contributed by atoms with van der Waals surface area (Å²) in [6.45, 7) is 10.1. The molecule has 0 bridgehead atoms. The molecule has 4 heteroatoms. The zero-order valence-corrected chi connectivity index (χ0v) is 14.0. The third-order valence-corrected chi connectivity index (χ3v) is 5.41. The maximum Gasteiger partial charge on any atom is 0.327 e. The van der Waals surface area contributed by atoms with E-state index in [0.29, 0.717) is 12.0 Å². The number of likely N-dealkylation sites (tertiary alicyclic amines) is 1. The highest BCUT2D eigenvalue weighted by molar-refractivity contribution is 5.80. The lowest BCUT2D eigenvalue weighted by Gasteiger charge is -2.42. The van der Waals surface area contributed by atoms with E-state index >= 15 is 0 Å². The van der Waals surface area contributed by atoms with Gasteiger partial charge in [0.25, 0.3) is 0 Å². The Morgan fingerprint density at radius 3 is 2.33 bits per heavy atom. The van der Waals surface area contributed by atoms with Gasteiger partial charge in [-0.25, -0.2) is 0 Å². The van der Waals surface area contributed by atoms with Gasteiger partial charge in [0.15, 0.2) is 0 Å². The molecule has 0 aromatic heterocycles. The van der Waals surface area contributed by atoms with Gasteiger partial charge < -0.3 is 15.0 Å². The molecule has 1 saturated carbocycles. The number of hydrogen-bond donors (Lipinski definition) is 1. The minimum Gasteiger partial charge on any atom is -0.465 e. The van der Waals surface area contributed by atoms with Crippen LogP contribution >= 0.6 is 0 Å². The molecule has 1 atom stereocenters. The van der Waals surface area contributed by atoms with Crippen molar-refractivity contribution >= 4 is 5.97 Å². The van der Waals surface area contributed by atoms with Crippen LogP contribution in [0, 0.1) is 5.41 Å². The summed E-state index contributed by atoms with van der Waals surface area (Å²) in [6, 6.07) is 0. The predicted molar refractivity (Wildman–Crippen MR) is 85.3 cm³/mol. The van der Waals surface area contributed by atoms with Crippen LogP contribution in [0.2, 0.25) is 0 Å². The second kappa shape index (κ2) is 7.10. The molecule has 122 valence electrons. The van der Waals surface area contributed by atoms with Crippen LogP contribution < -0.4 is 5.32 Å². The highest BCUT2D eigenvalue weighted by Gasteiger charge is 2.40. The lowest BCUT2D eigenvalue weighted by Crippen LogP contribution is -2.58. The Morgan fingerprint density at radius 2 is 1.81 bits per heavy atom. The van der Waals surface area contributed by atoms with Crippen LogP contribution in [0.4, 0.5) is 0 Å². The first kappa shape index (κ1) is 16.8. The van der Waals surface area contributed by atoms with Gasteiger partial charge in [0, 0.05) is 6.54 Å². The number of carbonyl (C=O) groups is 1. The molecule has 1 aliphatic heterocycles. The molecule has 0 radical (unpaired) electrons. The van der Waals surface area contributed by atoms with E-state index in [1.54, 1.807) is 0 Å². The molecule has 1 spiro atoms. The lowest BCUT2D eigenvalue weighted by atomic mass is 9.77. The van der Waals surface area contributed by atoms with Gasteiger partial charge in [-0.1, -0.05) is 19.8 Å². The first-order chi connectivity index (χ1) is 10.0. The van der Waals surface area contributed by atoms with E-state index < -0.39 is 5.54 Å². The Balaban J connectivity index is 1.90. The highest BCUT2D eigenvalue weighted by atomic mass is 16.5. The van der Waals surface area contributed by atoms with Crippen molar-refractivity contribution in [2.45, 2.75) is 64.8 Å². The Kier molecular flexibility index (Phi) is 5.67. The number of esters is 1. The van der Waals surface area contributed by atoms with Crippen molar-refractivity contribution in [1.82, 2.24) is 10.2 Å². The third kappa shape index (κ3) is 3.98. The van der Waals surface area contributed by atoms with Gasteiger partial charge in [0.1, 0.15) is 5.54 Å². The van der Waals surface area contributed by atoms with Crippen molar-refractivity contribution in [3.8, 4) is 0 Å². The fourth-order valence-corrected chi connectivity index (χ4v) is 4.13. The number of nitrogens with one attached hydrogen (secondary N) is 1. The van der Waals surface area contributed by atoms with Crippen LogP contribution in [-0.2, 0) is 9.53 Å². The number of ether oxygens (including phenoxy) is 1. The number of hydrogen-bond acceptors (Lipinski definition) is 4. The molecule has 2 fully saturated rings. The fourth-order valence-electron chi connectivity index (χ4n) is 4.13. The first-order valence-corrected chi connectivity index (χ1v) is 8.68. The SMILES string of the molecule is CCNC(C)(CN1CCC2(CCCC2)CC1)C(=O)OCC. The topological polar surface area (TPSA) is 41.6 Å². The van der Waals surface area contributed by atoms with E-state index in [1.807, 2.05) is 20.8 Å². The van der Waals surface area contributed by atoms with Crippen molar-refractivity contribution in [1.29, 1.82) is 0 Å². The van der Waals surface area contributed by atoms with Crippen LogP contribution in [-0.4, -0.2) is 49.2 Å². The van der Waals surface area contributed by atoms with Gasteiger partial charge in [-0.2, -0.15) is 0 Å². The van der Waals surface area contributed by atoms with Gasteiger partial charge in [0.05, 0.1) is 6.61 Å². The van der Waals surface area contributed by atoms with Crippen LogP contribution in [0.15, 0.2) is 0 Å². The standard InChI is InChI=1S/C17H32N2O2/c1-4-18-16(3,15(20)21-5-2)14-19-12-10-17(11-13-19)8-6-7-9-17/h18H,4-14H2,1-3H3. The Bertz CT molecular complexity index is 343. The van der Waals surface area contributed by atoms with Crippen molar-refractivity contribution < 1.29 is 9.53 Å². The summed E-state index contributed by atoms with van der Waals surface area (Å²) in [6.07, 6.45) is 8.28. The molecular weight excluding hydrogens is 264 g/mol. The van der Waals surface area contributed by atoms with E-state index in [4.69, 9.17) is 4.74 Å². The lowest BCUT2D eigenvalue weighted by molar-refractivity contribution is -0.151. The fraction of sp³-hybridized carbons (Fsp3) is 0.941. The predicted octanol–water partition coefficient (Wildman–Crippen LogP) is 2.57. The maximum absolute atomic E-state index is 12.3. The van der Waals surface area contributed by atoms with Gasteiger partial charge in [0.2, 0.25) is 0 Å². The first-order valence-electron chi connectivity index (χ1n) is 8.68. The molecule has 0 aromatic carbocycles. The van der Waals surface area contributed by atoms with E-state index in [-0.39, 0.29) is 5.97 Å². The normalized spacial score (nSPS) is 24.9. The van der Waals surface area contributed by atoms with Gasteiger partial charge in [-0.15, -0.1) is 0 Å². The molecule has 0 aromatic rings. The number of piperidine rings is 1. The minimum atomic E-state index is -0.578. The summed E-state index contributed by atoms with van der Waals surface area (Å²) in [4.78, 5) is 14.7. The molecule has 1 aliphatic carbocycles. The van der Waals surface area contributed by atoms with Gasteiger partial charge >= 0.3 is 5.97 Å². The van der Waals surface area contributed by atoms with Crippen LogP contribution in [0.3, 0.4) is 0 Å². The molecule has 1 N–H and O–H groups in total. The van der Waals surface area contributed by atoms with Crippen molar-refractivity contribution in [2.24, 2.45) is 5.41 Å². The summed E-state index contributed by atoms with van der Waals surface area (Å²) in [5.41, 5.74) is 0.0555. The second-order valence-electron chi connectivity index (χ2n) is 7.07. The Labute approximate surface area is 129 Å². The summed E-state index contributed by atoms with van der Waals surface area (Å²) < 4.78 is 5.27. The molecule has 21 heavy (non-hydrogen) atoms. The van der Waals surface area contributed by atoms with E-state index in [0.717, 1.165) is 26.2 Å². The van der Waals surface area contributed by atoms with Gasteiger partial charge in [-0.3, -0.25) is 4.79 Å². The monoisotopic (exact) mass is 296 g/mol. The molecule has 2 rings (SSSR count). The second-order valence-corrected chi connectivity index (χ2v) is 7.07. The van der Waals surface area contributed by atoms with E-state index in [1.165, 1.54) is 38.5 Å². The minimum absolute atomic E-state index is 0.118. The third-order valence-electron chi connectivity index (χ3n) is 5.41. The maximum atomic E-state index is 12.3. The largest absolute Gasteiger partial charge is 0.465 e. The van der Waals surface area contributed by atoms with Crippen molar-refractivity contribution in [3.05, 3.63) is 0 Å². The average molecular weight is 296 g/mol. The Morgan fingerprint density at radius 1 is 1.19 bits per heavy atom. The quantitative estimate of drug-likeness (QED) is 0.765. The van der Waals surface area contributed by atoms with E-state index in [9.17, 15) is 4.79 Å². The molecule has 2 aliphatic rings. The summed E-state index contributed by atoms with van der Waals surface area (Å²) in [5, 5.41) is 3.34. The molecule has 1 saturated heterocycles. The highest BCUT2D eigenvalue weighted by Crippen LogP contribution is 2.46. The number of likely N-dealkylation sites (N-methyl/N-ethyl adjacent to an activating group) is 1. The summed E-state index contributed by atoms with van der Waals surface area (Å²) >= 11 is 0. The Hall–Kier alpha value is -0.610. The molecule has 4 nitrogen and oxygen atoms in total. The summed E-state index contributed by atoms with van der Waals surface area (Å²) in [7, 11) is 0. The smallest absolute Gasteiger partial charge is 0.327 e. The number of nitrogens with zero attached hydrogens (tertiary/aromatic N) is 1. The molecular formula is C17H32N2O2. The summed E-state index contributed by atoms with van der Waals surface area (Å²) in [5.74, 6) is -0.118. The molecule has 0 amide bonds. The molecule has 1 heterocycles.